The molecule has 1 aliphatic rings. The zero-order valence-corrected chi connectivity index (χ0v) is 25.4. The number of unbranched alkanes of at least 4 members (excludes halogenated alkanes) is 2. The minimum atomic E-state index is -0.586. The maximum absolute atomic E-state index is 13.0. The number of benzene rings is 3. The maximum atomic E-state index is 13.0. The lowest BCUT2D eigenvalue weighted by Crippen LogP contribution is -2.11. The summed E-state index contributed by atoms with van der Waals surface area (Å²) in [5.74, 6) is 0.413. The number of hydrogen-bond donors (Lipinski definition) is 1. The summed E-state index contributed by atoms with van der Waals surface area (Å²) in [6.07, 6.45) is 3.87. The molecule has 0 saturated heterocycles. The molecule has 0 amide bonds. The van der Waals surface area contributed by atoms with Gasteiger partial charge in [-0.25, -0.2) is 14.4 Å². The largest absolute Gasteiger partial charge is 0.494 e. The molecule has 0 aliphatic heterocycles. The highest BCUT2D eigenvalue weighted by atomic mass is 16.5. The number of aliphatic hydroxyl groups is 1. The van der Waals surface area contributed by atoms with Crippen LogP contribution in [0.25, 0.3) is 11.1 Å². The molecule has 45 heavy (non-hydrogen) atoms. The molecule has 0 radical (unpaired) electrons. The molecular formula is C36H38O9. The van der Waals surface area contributed by atoms with Gasteiger partial charge in [-0.05, 0) is 96.5 Å². The minimum absolute atomic E-state index is 0.0380. The topological polar surface area (TPSA) is 118 Å². The van der Waals surface area contributed by atoms with Gasteiger partial charge in [-0.1, -0.05) is 32.2 Å². The first-order valence-corrected chi connectivity index (χ1v) is 14.9. The van der Waals surface area contributed by atoms with Crippen LogP contribution >= 0.6 is 0 Å². The number of ether oxygens (including phenoxy) is 5. The van der Waals surface area contributed by atoms with Crippen molar-refractivity contribution in [3.8, 4) is 28.4 Å². The van der Waals surface area contributed by atoms with E-state index in [-0.39, 0.29) is 18.1 Å². The van der Waals surface area contributed by atoms with Gasteiger partial charge >= 0.3 is 17.9 Å². The Hall–Kier alpha value is -4.89. The molecule has 1 unspecified atom stereocenters. The highest BCUT2D eigenvalue weighted by molar-refractivity contribution is 5.93. The van der Waals surface area contributed by atoms with Crippen molar-refractivity contribution < 1.29 is 43.2 Å². The van der Waals surface area contributed by atoms with Gasteiger partial charge < -0.3 is 28.8 Å². The summed E-state index contributed by atoms with van der Waals surface area (Å²) in [5.41, 5.74) is 4.85. The van der Waals surface area contributed by atoms with Crippen LogP contribution in [0.15, 0.2) is 85.5 Å². The third kappa shape index (κ3) is 9.06. The van der Waals surface area contributed by atoms with Crippen LogP contribution < -0.4 is 14.2 Å². The summed E-state index contributed by atoms with van der Waals surface area (Å²) < 4.78 is 27.3. The fraction of sp³-hybridized carbons (Fsp3) is 0.306. The second-order valence-corrected chi connectivity index (χ2v) is 10.5. The van der Waals surface area contributed by atoms with Crippen LogP contribution in [-0.4, -0.2) is 56.0 Å². The van der Waals surface area contributed by atoms with Crippen LogP contribution in [0.5, 0.6) is 17.2 Å². The lowest BCUT2D eigenvalue weighted by atomic mass is 9.98. The number of carbonyl (C=O) groups is 3. The third-order valence-corrected chi connectivity index (χ3v) is 7.31. The Labute approximate surface area is 263 Å². The highest BCUT2D eigenvalue weighted by Crippen LogP contribution is 2.46. The zero-order valence-electron chi connectivity index (χ0n) is 25.4. The number of esters is 3. The van der Waals surface area contributed by atoms with Gasteiger partial charge in [-0.2, -0.15) is 0 Å². The molecule has 0 aromatic heterocycles. The van der Waals surface area contributed by atoms with Crippen LogP contribution in [-0.2, 0) is 19.1 Å². The maximum Gasteiger partial charge on any atom is 0.343 e. The third-order valence-electron chi connectivity index (χ3n) is 7.31. The van der Waals surface area contributed by atoms with Crippen molar-refractivity contribution in [2.45, 2.75) is 38.5 Å². The Balaban J connectivity index is 1.25. The second-order valence-electron chi connectivity index (χ2n) is 10.5. The molecule has 9 heteroatoms. The summed E-state index contributed by atoms with van der Waals surface area (Å²) in [4.78, 5) is 35.6. The molecule has 0 spiro atoms. The van der Waals surface area contributed by atoms with Gasteiger partial charge in [0.1, 0.15) is 17.2 Å². The molecule has 0 fully saturated rings. The first-order valence-electron chi connectivity index (χ1n) is 14.9. The summed E-state index contributed by atoms with van der Waals surface area (Å²) in [6.45, 7) is 9.98. The van der Waals surface area contributed by atoms with Gasteiger partial charge in [0.25, 0.3) is 0 Å². The number of carbonyl (C=O) groups excluding carboxylic acids is 3. The van der Waals surface area contributed by atoms with E-state index >= 15 is 0 Å². The molecule has 0 heterocycles. The predicted molar refractivity (Wildman–Crippen MR) is 169 cm³/mol. The van der Waals surface area contributed by atoms with Crippen LogP contribution in [0.2, 0.25) is 0 Å². The molecule has 3 aromatic carbocycles. The molecule has 1 N–H and O–H groups in total. The standard InChI is InChI=1S/C36H38O9/c1-4-34(38)43-19-7-5-17-41-27-10-12-28(13-11-27)45-36(40)26-9-15-30-31-16-14-29(22-33(31)25(3)32(30)21-26)42-18-6-8-20-44-35(39)24(2)23-37/h4,9-16,21-22,25,37H,1-2,5-8,17-20,23H2,3H3. The summed E-state index contributed by atoms with van der Waals surface area (Å²) >= 11 is 0. The zero-order chi connectivity index (χ0) is 32.2. The first kappa shape index (κ1) is 33.0. The normalized spacial score (nSPS) is 12.8. The molecule has 4 rings (SSSR count). The molecule has 1 atom stereocenters. The minimum Gasteiger partial charge on any atom is -0.494 e. The Morgan fingerprint density at radius 2 is 1.31 bits per heavy atom. The van der Waals surface area contributed by atoms with Crippen molar-refractivity contribution in [3.05, 3.63) is 102 Å². The second kappa shape index (κ2) is 16.3. The lowest BCUT2D eigenvalue weighted by Gasteiger charge is -2.11. The first-order chi connectivity index (χ1) is 21.8. The van der Waals surface area contributed by atoms with Crippen molar-refractivity contribution >= 4 is 17.9 Å². The smallest absolute Gasteiger partial charge is 0.343 e. The average molecular weight is 615 g/mol. The van der Waals surface area contributed by atoms with E-state index in [1.807, 2.05) is 30.3 Å². The molecule has 0 bridgehead atoms. The van der Waals surface area contributed by atoms with Gasteiger partial charge in [-0.15, -0.1) is 0 Å². The number of aliphatic hydroxyl groups excluding tert-OH is 1. The van der Waals surface area contributed by atoms with Gasteiger partial charge in [-0.3, -0.25) is 0 Å². The van der Waals surface area contributed by atoms with Crippen molar-refractivity contribution in [1.29, 1.82) is 0 Å². The van der Waals surface area contributed by atoms with Gasteiger partial charge in [0, 0.05) is 12.0 Å². The number of fused-ring (bicyclic) bond motifs is 3. The van der Waals surface area contributed by atoms with E-state index in [2.05, 4.69) is 20.1 Å². The molecule has 9 nitrogen and oxygen atoms in total. The van der Waals surface area contributed by atoms with Gasteiger partial charge in [0.15, 0.2) is 0 Å². The fourth-order valence-electron chi connectivity index (χ4n) is 4.82. The molecular weight excluding hydrogens is 576 g/mol. The Morgan fingerprint density at radius 1 is 0.756 bits per heavy atom. The van der Waals surface area contributed by atoms with Crippen LogP contribution in [0, 0.1) is 0 Å². The summed E-state index contributed by atoms with van der Waals surface area (Å²) in [6, 6.07) is 18.5. The van der Waals surface area contributed by atoms with Crippen LogP contribution in [0.4, 0.5) is 0 Å². The highest BCUT2D eigenvalue weighted by Gasteiger charge is 2.27. The SMILES string of the molecule is C=CC(=O)OCCCCOc1ccc(OC(=O)c2ccc3c(c2)C(C)c2cc(OCCCCOC(=O)C(=C)CO)ccc2-3)cc1. The van der Waals surface area contributed by atoms with Crippen molar-refractivity contribution in [2.24, 2.45) is 0 Å². The molecule has 236 valence electrons. The van der Waals surface area contributed by atoms with Gasteiger partial charge in [0.05, 0.1) is 44.2 Å². The molecule has 1 aliphatic carbocycles. The predicted octanol–water partition coefficient (Wildman–Crippen LogP) is 6.18. The van der Waals surface area contributed by atoms with E-state index in [1.165, 1.54) is 0 Å². The number of rotatable bonds is 17. The van der Waals surface area contributed by atoms with Crippen molar-refractivity contribution in [3.63, 3.8) is 0 Å². The van der Waals surface area contributed by atoms with Crippen molar-refractivity contribution in [1.82, 2.24) is 0 Å². The van der Waals surface area contributed by atoms with E-state index < -0.39 is 24.5 Å². The Kier molecular flexibility index (Phi) is 11.9. The molecule has 3 aromatic rings. The lowest BCUT2D eigenvalue weighted by molar-refractivity contribution is -0.140. The van der Waals surface area contributed by atoms with Crippen LogP contribution in [0.1, 0.15) is 60.0 Å². The van der Waals surface area contributed by atoms with E-state index in [0.717, 1.165) is 40.5 Å². The summed E-state index contributed by atoms with van der Waals surface area (Å²) in [5, 5.41) is 8.91. The van der Waals surface area contributed by atoms with E-state index in [4.69, 9.17) is 28.8 Å². The van der Waals surface area contributed by atoms with E-state index in [0.29, 0.717) is 56.1 Å². The van der Waals surface area contributed by atoms with E-state index in [9.17, 15) is 14.4 Å². The monoisotopic (exact) mass is 614 g/mol. The fourth-order valence-corrected chi connectivity index (χ4v) is 4.82. The van der Waals surface area contributed by atoms with E-state index in [1.54, 1.807) is 30.3 Å². The Bertz CT molecular complexity index is 1520. The quantitative estimate of drug-likeness (QED) is 0.0824. The van der Waals surface area contributed by atoms with Crippen molar-refractivity contribution in [2.75, 3.05) is 33.0 Å². The van der Waals surface area contributed by atoms with Crippen LogP contribution in [0.3, 0.4) is 0 Å². The van der Waals surface area contributed by atoms with Gasteiger partial charge in [0.2, 0.25) is 0 Å². The number of hydrogen-bond acceptors (Lipinski definition) is 9. The summed E-state index contributed by atoms with van der Waals surface area (Å²) in [7, 11) is 0. The molecule has 0 saturated carbocycles. The average Bonchev–Trinajstić information content (AvgIpc) is 3.34. The Morgan fingerprint density at radius 3 is 1.98 bits per heavy atom.